The van der Waals surface area contributed by atoms with Gasteiger partial charge in [0, 0.05) is 40.8 Å². The molecule has 2 aliphatic rings. The van der Waals surface area contributed by atoms with E-state index in [0.717, 1.165) is 12.8 Å². The van der Waals surface area contributed by atoms with Crippen molar-refractivity contribution in [2.24, 2.45) is 0 Å². The number of allylic oxidation sites excluding steroid dienone is 8. The molecule has 0 aromatic carbocycles. The summed E-state index contributed by atoms with van der Waals surface area (Å²) in [7, 11) is 0. The van der Waals surface area contributed by atoms with Crippen molar-refractivity contribution < 1.29 is 40.8 Å². The van der Waals surface area contributed by atoms with Gasteiger partial charge in [0.05, 0.1) is 0 Å². The Bertz CT molecular complexity index is 143. The van der Waals surface area contributed by atoms with Crippen LogP contribution < -0.4 is 0 Å². The summed E-state index contributed by atoms with van der Waals surface area (Å²) >= 11 is 0. The summed E-state index contributed by atoms with van der Waals surface area (Å²) < 4.78 is 0. The summed E-state index contributed by atoms with van der Waals surface area (Å²) in [5.41, 5.74) is 0. The number of rotatable bonds is 0. The molecule has 0 atom stereocenters. The Hall–Kier alpha value is 0.311. The predicted octanol–water partition coefficient (Wildman–Crippen LogP) is 2.61. The minimum Gasteiger partial charge on any atom is -0.273 e. The molecular weight excluding hydrogens is 264 g/mol. The monoisotopic (exact) mass is 272 g/mol. The molecule has 0 N–H and O–H groups in total. The quantitative estimate of drug-likeness (QED) is 0.596. The standard InChI is InChI=1S/2C5H5.Nd/c2*1-2-4-5-3-1;/h2*1-3H,4H2;/q2*-1;. The van der Waals surface area contributed by atoms with Gasteiger partial charge >= 0.3 is 0 Å². The molecular formula is C10H10Nd-2. The van der Waals surface area contributed by atoms with Gasteiger partial charge in [-0.05, 0) is 0 Å². The molecule has 0 heterocycles. The second-order valence-corrected chi connectivity index (χ2v) is 2.01. The molecule has 0 fully saturated rings. The van der Waals surface area contributed by atoms with Crippen molar-refractivity contribution in [2.45, 2.75) is 12.8 Å². The average Bonchev–Trinajstić information content (AvgIpc) is 2.67. The Morgan fingerprint density at radius 3 is 1.36 bits per heavy atom. The summed E-state index contributed by atoms with van der Waals surface area (Å²) in [5, 5.41) is 0. The van der Waals surface area contributed by atoms with Gasteiger partial charge in [-0.25, -0.2) is 24.3 Å². The van der Waals surface area contributed by atoms with E-state index in [4.69, 9.17) is 0 Å². The fourth-order valence-corrected chi connectivity index (χ4v) is 0.680. The molecule has 0 bridgehead atoms. The van der Waals surface area contributed by atoms with Crippen LogP contribution in [0.1, 0.15) is 12.8 Å². The van der Waals surface area contributed by atoms with Crippen LogP contribution in [0.5, 0.6) is 0 Å². The van der Waals surface area contributed by atoms with Gasteiger partial charge in [0.1, 0.15) is 0 Å². The van der Waals surface area contributed by atoms with E-state index < -0.39 is 0 Å². The third kappa shape index (κ3) is 6.70. The summed E-state index contributed by atoms with van der Waals surface area (Å²) in [6.07, 6.45) is 20.0. The molecule has 0 amide bonds. The Kier molecular flexibility index (Phi) is 8.65. The Morgan fingerprint density at radius 2 is 1.27 bits per heavy atom. The molecule has 0 radical (unpaired) electrons. The zero-order valence-electron chi connectivity index (χ0n) is 6.38. The minimum absolute atomic E-state index is 0. The van der Waals surface area contributed by atoms with Gasteiger partial charge < -0.3 is 0 Å². The third-order valence-corrected chi connectivity index (χ3v) is 1.17. The van der Waals surface area contributed by atoms with Crippen LogP contribution >= 0.6 is 0 Å². The molecule has 0 nitrogen and oxygen atoms in total. The fraction of sp³-hybridized carbons (Fsp3) is 0.200. The molecule has 11 heavy (non-hydrogen) atoms. The second kappa shape index (κ2) is 8.41. The second-order valence-electron chi connectivity index (χ2n) is 2.01. The first kappa shape index (κ1) is 11.3. The van der Waals surface area contributed by atoms with Crippen LogP contribution in [0.2, 0.25) is 0 Å². The van der Waals surface area contributed by atoms with Gasteiger partial charge in [-0.15, -0.1) is 12.8 Å². The van der Waals surface area contributed by atoms with Crippen LogP contribution in [-0.2, 0) is 0 Å². The van der Waals surface area contributed by atoms with Crippen molar-refractivity contribution in [3.63, 3.8) is 0 Å². The largest absolute Gasteiger partial charge is 0.273 e. The van der Waals surface area contributed by atoms with E-state index >= 15 is 0 Å². The van der Waals surface area contributed by atoms with Crippen molar-refractivity contribution in [3.8, 4) is 0 Å². The van der Waals surface area contributed by atoms with E-state index in [0.29, 0.717) is 0 Å². The number of hydrogen-bond acceptors (Lipinski definition) is 0. The van der Waals surface area contributed by atoms with Crippen molar-refractivity contribution >= 4 is 0 Å². The molecule has 0 saturated heterocycles. The van der Waals surface area contributed by atoms with Crippen LogP contribution in [0.4, 0.5) is 0 Å². The number of hydrogen-bond donors (Lipinski definition) is 0. The SMILES string of the molecule is [C-]1=CC=CC1.[C-]1=CC=CC1.[Nd]. The van der Waals surface area contributed by atoms with E-state index in [-0.39, 0.29) is 40.8 Å². The van der Waals surface area contributed by atoms with Gasteiger partial charge in [0.2, 0.25) is 0 Å². The first-order valence-electron chi connectivity index (χ1n) is 3.43. The summed E-state index contributed by atoms with van der Waals surface area (Å²) in [6, 6.07) is 0. The normalized spacial score (nSPS) is 16.0. The molecule has 2 rings (SSSR count). The maximum atomic E-state index is 2.99. The van der Waals surface area contributed by atoms with Crippen LogP contribution in [0.3, 0.4) is 0 Å². The molecule has 0 spiro atoms. The van der Waals surface area contributed by atoms with Gasteiger partial charge in [0.15, 0.2) is 0 Å². The molecule has 0 aromatic heterocycles. The van der Waals surface area contributed by atoms with Crippen molar-refractivity contribution in [3.05, 3.63) is 48.6 Å². The summed E-state index contributed by atoms with van der Waals surface area (Å²) in [6.45, 7) is 0. The zero-order chi connectivity index (χ0) is 7.07. The first-order chi connectivity index (χ1) is 5.00. The fourth-order valence-electron chi connectivity index (χ4n) is 0.680. The van der Waals surface area contributed by atoms with E-state index in [9.17, 15) is 0 Å². The summed E-state index contributed by atoms with van der Waals surface area (Å²) in [4.78, 5) is 0. The van der Waals surface area contributed by atoms with Gasteiger partial charge in [0.25, 0.3) is 0 Å². The first-order valence-corrected chi connectivity index (χ1v) is 3.43. The predicted molar refractivity (Wildman–Crippen MR) is 43.1 cm³/mol. The molecule has 0 unspecified atom stereocenters. The van der Waals surface area contributed by atoms with E-state index in [1.54, 1.807) is 0 Å². The molecule has 56 valence electrons. The molecule has 0 aromatic rings. The summed E-state index contributed by atoms with van der Waals surface area (Å²) in [5.74, 6) is 0. The van der Waals surface area contributed by atoms with Crippen molar-refractivity contribution in [1.29, 1.82) is 0 Å². The van der Waals surface area contributed by atoms with Crippen LogP contribution in [0.25, 0.3) is 0 Å². The Morgan fingerprint density at radius 1 is 0.818 bits per heavy atom. The van der Waals surface area contributed by atoms with Crippen LogP contribution in [0, 0.1) is 53.0 Å². The molecule has 0 saturated carbocycles. The average molecular weight is 274 g/mol. The maximum absolute atomic E-state index is 2.99. The van der Waals surface area contributed by atoms with Crippen LogP contribution in [0.15, 0.2) is 36.5 Å². The molecule has 0 aliphatic heterocycles. The van der Waals surface area contributed by atoms with Crippen LogP contribution in [-0.4, -0.2) is 0 Å². The minimum atomic E-state index is 0. The van der Waals surface area contributed by atoms with E-state index in [2.05, 4.69) is 24.3 Å². The molecule has 2 aliphatic carbocycles. The maximum Gasteiger partial charge on any atom is 0 e. The van der Waals surface area contributed by atoms with Crippen molar-refractivity contribution in [1.82, 2.24) is 0 Å². The van der Waals surface area contributed by atoms with Gasteiger partial charge in [-0.2, -0.15) is 12.2 Å². The topological polar surface area (TPSA) is 0 Å². The van der Waals surface area contributed by atoms with Gasteiger partial charge in [-0.1, -0.05) is 0 Å². The smallest absolute Gasteiger partial charge is 0 e. The van der Waals surface area contributed by atoms with E-state index in [1.165, 1.54) is 0 Å². The van der Waals surface area contributed by atoms with E-state index in [1.807, 2.05) is 24.3 Å². The van der Waals surface area contributed by atoms with Gasteiger partial charge in [-0.3, -0.25) is 12.2 Å². The third-order valence-electron chi connectivity index (χ3n) is 1.17. The Labute approximate surface area is 101 Å². The molecule has 1 heteroatoms. The zero-order valence-corrected chi connectivity index (χ0v) is 9.59. The van der Waals surface area contributed by atoms with Crippen molar-refractivity contribution in [2.75, 3.05) is 0 Å². The Balaban J connectivity index is 0.000000167.